The Labute approximate surface area is 122 Å². The van der Waals surface area contributed by atoms with E-state index in [2.05, 4.69) is 10.3 Å². The highest BCUT2D eigenvalue weighted by Crippen LogP contribution is 2.26. The fourth-order valence-corrected chi connectivity index (χ4v) is 1.90. The highest BCUT2D eigenvalue weighted by atomic mass is 35.5. The Morgan fingerprint density at radius 1 is 1.11 bits per heavy atom. The van der Waals surface area contributed by atoms with Gasteiger partial charge in [-0.2, -0.15) is 0 Å². The Kier molecular flexibility index (Phi) is 5.02. The lowest BCUT2D eigenvalue weighted by Gasteiger charge is -2.08. The van der Waals surface area contributed by atoms with Gasteiger partial charge in [0.05, 0.1) is 21.4 Å². The number of rotatable bonds is 5. The monoisotopic (exact) mass is 296 g/mol. The minimum atomic E-state index is 0.398. The third kappa shape index (κ3) is 4.10. The minimum Gasteiger partial charge on any atom is -0.487 e. The third-order valence-corrected chi connectivity index (χ3v) is 3.24. The summed E-state index contributed by atoms with van der Waals surface area (Å²) in [6.07, 6.45) is 0. The van der Waals surface area contributed by atoms with Crippen LogP contribution < -0.4 is 10.1 Å². The van der Waals surface area contributed by atoms with Crippen molar-refractivity contribution in [2.75, 3.05) is 7.05 Å². The Morgan fingerprint density at radius 2 is 1.89 bits per heavy atom. The van der Waals surface area contributed by atoms with Gasteiger partial charge >= 0.3 is 0 Å². The standard InChI is InChI=1S/C14H14Cl2N2O/c1-17-8-10-3-2-4-11(18-10)9-19-12-5-6-13(15)14(16)7-12/h2-7,17H,8-9H2,1H3. The molecule has 100 valence electrons. The van der Waals surface area contributed by atoms with Crippen molar-refractivity contribution in [3.05, 3.63) is 57.8 Å². The van der Waals surface area contributed by atoms with Crippen molar-refractivity contribution in [1.82, 2.24) is 10.3 Å². The van der Waals surface area contributed by atoms with Gasteiger partial charge in [-0.15, -0.1) is 0 Å². The van der Waals surface area contributed by atoms with Gasteiger partial charge in [0.2, 0.25) is 0 Å². The van der Waals surface area contributed by atoms with Crippen LogP contribution in [0.15, 0.2) is 36.4 Å². The molecule has 0 saturated heterocycles. The summed E-state index contributed by atoms with van der Waals surface area (Å²) in [4.78, 5) is 4.47. The molecular formula is C14H14Cl2N2O. The predicted molar refractivity (Wildman–Crippen MR) is 77.8 cm³/mol. The molecule has 3 nitrogen and oxygen atoms in total. The van der Waals surface area contributed by atoms with Crippen molar-refractivity contribution in [2.45, 2.75) is 13.2 Å². The number of benzene rings is 1. The molecule has 0 amide bonds. The summed E-state index contributed by atoms with van der Waals surface area (Å²) in [6.45, 7) is 1.14. The molecule has 0 atom stereocenters. The first kappa shape index (κ1) is 14.1. The Morgan fingerprint density at radius 3 is 2.63 bits per heavy atom. The lowest BCUT2D eigenvalue weighted by atomic mass is 10.3. The Balaban J connectivity index is 2.01. The van der Waals surface area contributed by atoms with E-state index in [9.17, 15) is 0 Å². The van der Waals surface area contributed by atoms with Crippen LogP contribution in [0.3, 0.4) is 0 Å². The van der Waals surface area contributed by atoms with Gasteiger partial charge in [0.15, 0.2) is 0 Å². The molecule has 0 aliphatic rings. The maximum Gasteiger partial charge on any atom is 0.130 e. The number of aromatic nitrogens is 1. The number of hydrogen-bond donors (Lipinski definition) is 1. The van der Waals surface area contributed by atoms with Crippen molar-refractivity contribution in [1.29, 1.82) is 0 Å². The SMILES string of the molecule is CNCc1cccc(COc2ccc(Cl)c(Cl)c2)n1. The van der Waals surface area contributed by atoms with Crippen molar-refractivity contribution in [3.63, 3.8) is 0 Å². The minimum absolute atomic E-state index is 0.398. The maximum absolute atomic E-state index is 5.93. The molecule has 0 radical (unpaired) electrons. The van der Waals surface area contributed by atoms with Crippen LogP contribution in [0.5, 0.6) is 5.75 Å². The van der Waals surface area contributed by atoms with Crippen LogP contribution in [0.2, 0.25) is 10.0 Å². The van der Waals surface area contributed by atoms with Crippen LogP contribution in [0.1, 0.15) is 11.4 Å². The summed E-state index contributed by atoms with van der Waals surface area (Å²) < 4.78 is 5.64. The highest BCUT2D eigenvalue weighted by molar-refractivity contribution is 6.42. The molecule has 0 aliphatic carbocycles. The number of nitrogens with one attached hydrogen (secondary N) is 1. The molecule has 0 spiro atoms. The Hall–Kier alpha value is -1.29. The molecule has 5 heteroatoms. The van der Waals surface area contributed by atoms with E-state index >= 15 is 0 Å². The lowest BCUT2D eigenvalue weighted by molar-refractivity contribution is 0.301. The fraction of sp³-hybridized carbons (Fsp3) is 0.214. The summed E-state index contributed by atoms with van der Waals surface area (Å²) in [6, 6.07) is 11.1. The van der Waals surface area contributed by atoms with E-state index in [0.717, 1.165) is 17.9 Å². The quantitative estimate of drug-likeness (QED) is 0.914. The number of hydrogen-bond acceptors (Lipinski definition) is 3. The second-order valence-corrected chi connectivity index (χ2v) is 4.83. The van der Waals surface area contributed by atoms with E-state index in [0.29, 0.717) is 22.4 Å². The summed E-state index contributed by atoms with van der Waals surface area (Å²) in [5, 5.41) is 4.06. The van der Waals surface area contributed by atoms with Crippen LogP contribution in [-0.4, -0.2) is 12.0 Å². The van der Waals surface area contributed by atoms with Crippen LogP contribution >= 0.6 is 23.2 Å². The Bertz CT molecular complexity index is 561. The normalized spacial score (nSPS) is 10.5. The van der Waals surface area contributed by atoms with Crippen LogP contribution in [0.4, 0.5) is 0 Å². The van der Waals surface area contributed by atoms with Gasteiger partial charge in [0.25, 0.3) is 0 Å². The second kappa shape index (κ2) is 6.75. The topological polar surface area (TPSA) is 34.1 Å². The van der Waals surface area contributed by atoms with Gasteiger partial charge in [0, 0.05) is 12.6 Å². The first-order valence-corrected chi connectivity index (χ1v) is 6.62. The number of halogens is 2. The van der Waals surface area contributed by atoms with E-state index < -0.39 is 0 Å². The number of ether oxygens (including phenoxy) is 1. The third-order valence-electron chi connectivity index (χ3n) is 2.50. The summed E-state index contributed by atoms with van der Waals surface area (Å²) in [5.74, 6) is 0.676. The average Bonchev–Trinajstić information content (AvgIpc) is 2.41. The molecule has 2 rings (SSSR count). The molecule has 19 heavy (non-hydrogen) atoms. The zero-order chi connectivity index (χ0) is 13.7. The molecule has 0 unspecified atom stereocenters. The summed E-state index contributed by atoms with van der Waals surface area (Å²) >= 11 is 11.8. The van der Waals surface area contributed by atoms with E-state index in [1.54, 1.807) is 18.2 Å². The van der Waals surface area contributed by atoms with Crippen LogP contribution in [0.25, 0.3) is 0 Å². The first-order valence-electron chi connectivity index (χ1n) is 5.86. The zero-order valence-electron chi connectivity index (χ0n) is 10.5. The molecule has 2 aromatic rings. The maximum atomic E-state index is 5.93. The van der Waals surface area contributed by atoms with Gasteiger partial charge < -0.3 is 10.1 Å². The molecule has 0 fully saturated rings. The smallest absolute Gasteiger partial charge is 0.130 e. The highest BCUT2D eigenvalue weighted by Gasteiger charge is 2.02. The molecular weight excluding hydrogens is 283 g/mol. The van der Waals surface area contributed by atoms with Gasteiger partial charge in [0.1, 0.15) is 12.4 Å². The van der Waals surface area contributed by atoms with Crippen molar-refractivity contribution < 1.29 is 4.74 Å². The van der Waals surface area contributed by atoms with E-state index in [4.69, 9.17) is 27.9 Å². The molecule has 0 bridgehead atoms. The summed E-state index contributed by atoms with van der Waals surface area (Å²) in [7, 11) is 1.89. The van der Waals surface area contributed by atoms with Gasteiger partial charge in [-0.1, -0.05) is 29.3 Å². The van der Waals surface area contributed by atoms with Gasteiger partial charge in [-0.25, -0.2) is 0 Å². The van der Waals surface area contributed by atoms with E-state index in [-0.39, 0.29) is 0 Å². The second-order valence-electron chi connectivity index (χ2n) is 4.02. The van der Waals surface area contributed by atoms with E-state index in [1.165, 1.54) is 0 Å². The van der Waals surface area contributed by atoms with Gasteiger partial charge in [-0.05, 0) is 31.3 Å². The first-order chi connectivity index (χ1) is 9.19. The number of pyridine rings is 1. The molecule has 1 aromatic heterocycles. The molecule has 1 N–H and O–H groups in total. The number of nitrogens with zero attached hydrogens (tertiary/aromatic N) is 1. The molecule has 0 aliphatic heterocycles. The molecule has 1 aromatic carbocycles. The fourth-order valence-electron chi connectivity index (χ4n) is 1.61. The van der Waals surface area contributed by atoms with E-state index in [1.807, 2.05) is 25.2 Å². The average molecular weight is 297 g/mol. The van der Waals surface area contributed by atoms with Crippen molar-refractivity contribution >= 4 is 23.2 Å². The zero-order valence-corrected chi connectivity index (χ0v) is 12.0. The van der Waals surface area contributed by atoms with Crippen LogP contribution in [-0.2, 0) is 13.2 Å². The predicted octanol–water partition coefficient (Wildman–Crippen LogP) is 3.69. The molecule has 0 saturated carbocycles. The molecule has 1 heterocycles. The largest absolute Gasteiger partial charge is 0.487 e. The van der Waals surface area contributed by atoms with Gasteiger partial charge in [-0.3, -0.25) is 4.98 Å². The lowest BCUT2D eigenvalue weighted by Crippen LogP contribution is -2.08. The van der Waals surface area contributed by atoms with Crippen molar-refractivity contribution in [3.8, 4) is 5.75 Å². The van der Waals surface area contributed by atoms with Crippen molar-refractivity contribution in [2.24, 2.45) is 0 Å². The van der Waals surface area contributed by atoms with Crippen LogP contribution in [0, 0.1) is 0 Å². The summed E-state index contributed by atoms with van der Waals surface area (Å²) in [5.41, 5.74) is 1.86.